The van der Waals surface area contributed by atoms with Crippen LogP contribution in [-0.4, -0.2) is 13.1 Å². The molecule has 1 aliphatic rings. The third-order valence-electron chi connectivity index (χ3n) is 2.64. The monoisotopic (exact) mass is 230 g/mol. The zero-order chi connectivity index (χ0) is 10.1. The van der Waals surface area contributed by atoms with Gasteiger partial charge >= 0.3 is 0 Å². The zero-order valence-electron chi connectivity index (χ0n) is 7.69. The van der Waals surface area contributed by atoms with Crippen molar-refractivity contribution in [1.82, 2.24) is 5.32 Å². The lowest BCUT2D eigenvalue weighted by atomic mass is 9.98. The Hall–Kier alpha value is -0.440. The minimum Gasteiger partial charge on any atom is -0.397 e. The second kappa shape index (κ2) is 3.97. The van der Waals surface area contributed by atoms with E-state index in [2.05, 4.69) is 5.32 Å². The second-order valence-corrected chi connectivity index (χ2v) is 4.32. The van der Waals surface area contributed by atoms with Gasteiger partial charge in [-0.05, 0) is 30.5 Å². The van der Waals surface area contributed by atoms with Gasteiger partial charge in [0, 0.05) is 6.54 Å². The molecule has 4 heteroatoms. The Bertz CT molecular complexity index is 346. The van der Waals surface area contributed by atoms with Gasteiger partial charge in [-0.25, -0.2) is 0 Å². The van der Waals surface area contributed by atoms with E-state index in [4.69, 9.17) is 28.9 Å². The van der Waals surface area contributed by atoms with Crippen molar-refractivity contribution in [3.05, 3.63) is 27.7 Å². The molecule has 0 spiro atoms. The van der Waals surface area contributed by atoms with E-state index in [1.165, 1.54) is 0 Å². The molecule has 14 heavy (non-hydrogen) atoms. The number of hydrogen-bond donors (Lipinski definition) is 2. The maximum Gasteiger partial charge on any atom is 0.0824 e. The standard InChI is InChI=1S/C10H12Cl2N2/c11-9-7(6-3-4-14-5-6)1-2-8(13)10(9)12/h1-2,6,14H,3-5,13H2. The molecule has 1 aliphatic heterocycles. The SMILES string of the molecule is Nc1ccc(C2CCNC2)c(Cl)c1Cl. The Balaban J connectivity index is 2.38. The number of hydrogen-bond acceptors (Lipinski definition) is 2. The van der Waals surface area contributed by atoms with Crippen LogP contribution in [0.1, 0.15) is 17.9 Å². The number of halogens is 2. The second-order valence-electron chi connectivity index (χ2n) is 3.56. The molecule has 1 heterocycles. The van der Waals surface area contributed by atoms with Gasteiger partial charge in [0.2, 0.25) is 0 Å². The summed E-state index contributed by atoms with van der Waals surface area (Å²) in [7, 11) is 0. The number of nitrogen functional groups attached to an aromatic ring is 1. The quantitative estimate of drug-likeness (QED) is 0.729. The van der Waals surface area contributed by atoms with E-state index >= 15 is 0 Å². The fourth-order valence-corrected chi connectivity index (χ4v) is 2.31. The highest BCUT2D eigenvalue weighted by Gasteiger charge is 2.20. The first-order valence-corrected chi connectivity index (χ1v) is 5.40. The molecular weight excluding hydrogens is 219 g/mol. The van der Waals surface area contributed by atoms with Crippen LogP contribution in [0.5, 0.6) is 0 Å². The average Bonchev–Trinajstić information content (AvgIpc) is 2.67. The van der Waals surface area contributed by atoms with Crippen LogP contribution in [0.4, 0.5) is 5.69 Å². The van der Waals surface area contributed by atoms with Crippen LogP contribution in [-0.2, 0) is 0 Å². The van der Waals surface area contributed by atoms with Crippen molar-refractivity contribution < 1.29 is 0 Å². The first-order chi connectivity index (χ1) is 6.70. The normalized spacial score (nSPS) is 21.4. The molecule has 1 saturated heterocycles. The van der Waals surface area contributed by atoms with Crippen LogP contribution in [0.15, 0.2) is 12.1 Å². The predicted molar refractivity (Wildman–Crippen MR) is 61.1 cm³/mol. The van der Waals surface area contributed by atoms with Crippen LogP contribution >= 0.6 is 23.2 Å². The molecule has 1 unspecified atom stereocenters. The fourth-order valence-electron chi connectivity index (χ4n) is 1.81. The number of nitrogens with two attached hydrogens (primary N) is 1. The van der Waals surface area contributed by atoms with E-state index in [1.807, 2.05) is 12.1 Å². The third-order valence-corrected chi connectivity index (χ3v) is 3.55. The summed E-state index contributed by atoms with van der Waals surface area (Å²) in [5.41, 5.74) is 7.31. The Morgan fingerprint density at radius 2 is 2.07 bits per heavy atom. The Morgan fingerprint density at radius 1 is 1.29 bits per heavy atom. The van der Waals surface area contributed by atoms with Gasteiger partial charge in [-0.1, -0.05) is 29.3 Å². The maximum absolute atomic E-state index is 6.14. The van der Waals surface area contributed by atoms with Gasteiger partial charge in [-0.3, -0.25) is 0 Å². The van der Waals surface area contributed by atoms with Crippen LogP contribution in [0, 0.1) is 0 Å². The van der Waals surface area contributed by atoms with Gasteiger partial charge in [0.05, 0.1) is 15.7 Å². The lowest BCUT2D eigenvalue weighted by Gasteiger charge is -2.12. The van der Waals surface area contributed by atoms with Gasteiger partial charge in [0.1, 0.15) is 0 Å². The molecule has 2 rings (SSSR count). The van der Waals surface area contributed by atoms with E-state index in [-0.39, 0.29) is 0 Å². The van der Waals surface area contributed by atoms with Crippen molar-refractivity contribution in [3.63, 3.8) is 0 Å². The fraction of sp³-hybridized carbons (Fsp3) is 0.400. The molecular formula is C10H12Cl2N2. The molecule has 1 fully saturated rings. The minimum absolute atomic E-state index is 0.473. The molecule has 0 amide bonds. The molecule has 76 valence electrons. The highest BCUT2D eigenvalue weighted by Crippen LogP contribution is 2.36. The lowest BCUT2D eigenvalue weighted by Crippen LogP contribution is -2.08. The molecule has 0 aromatic heterocycles. The summed E-state index contributed by atoms with van der Waals surface area (Å²) in [4.78, 5) is 0. The minimum atomic E-state index is 0.473. The number of benzene rings is 1. The molecule has 0 radical (unpaired) electrons. The topological polar surface area (TPSA) is 38.0 Å². The van der Waals surface area contributed by atoms with Gasteiger partial charge in [-0.15, -0.1) is 0 Å². The number of rotatable bonds is 1. The zero-order valence-corrected chi connectivity index (χ0v) is 9.20. The summed E-state index contributed by atoms with van der Waals surface area (Å²) >= 11 is 12.1. The Morgan fingerprint density at radius 3 is 2.71 bits per heavy atom. The third kappa shape index (κ3) is 1.70. The van der Waals surface area contributed by atoms with Gasteiger partial charge in [0.15, 0.2) is 0 Å². The molecule has 0 aliphatic carbocycles. The highest BCUT2D eigenvalue weighted by atomic mass is 35.5. The summed E-state index contributed by atoms with van der Waals surface area (Å²) in [6, 6.07) is 3.79. The van der Waals surface area contributed by atoms with Crippen molar-refractivity contribution >= 4 is 28.9 Å². The molecule has 0 bridgehead atoms. The molecule has 3 N–H and O–H groups in total. The first kappa shape index (κ1) is 10.1. The summed E-state index contributed by atoms with van der Waals surface area (Å²) in [6.45, 7) is 2.02. The van der Waals surface area contributed by atoms with Crippen molar-refractivity contribution in [1.29, 1.82) is 0 Å². The van der Waals surface area contributed by atoms with Gasteiger partial charge in [-0.2, -0.15) is 0 Å². The first-order valence-electron chi connectivity index (χ1n) is 4.64. The Labute approximate surface area is 93.4 Å². The highest BCUT2D eigenvalue weighted by molar-refractivity contribution is 6.44. The van der Waals surface area contributed by atoms with E-state index in [0.717, 1.165) is 25.1 Å². The molecule has 0 saturated carbocycles. The average molecular weight is 231 g/mol. The number of nitrogens with one attached hydrogen (secondary N) is 1. The van der Waals surface area contributed by atoms with Gasteiger partial charge in [0.25, 0.3) is 0 Å². The molecule has 2 nitrogen and oxygen atoms in total. The van der Waals surface area contributed by atoms with Crippen molar-refractivity contribution in [3.8, 4) is 0 Å². The molecule has 1 aromatic carbocycles. The summed E-state index contributed by atoms with van der Waals surface area (Å²) in [5, 5.41) is 4.39. The van der Waals surface area contributed by atoms with Crippen LogP contribution < -0.4 is 11.1 Å². The molecule has 1 atom stereocenters. The molecule has 1 aromatic rings. The Kier molecular flexibility index (Phi) is 2.86. The van der Waals surface area contributed by atoms with Crippen molar-refractivity contribution in [2.24, 2.45) is 0 Å². The number of anilines is 1. The maximum atomic E-state index is 6.14. The van der Waals surface area contributed by atoms with Crippen molar-refractivity contribution in [2.45, 2.75) is 12.3 Å². The smallest absolute Gasteiger partial charge is 0.0824 e. The summed E-state index contributed by atoms with van der Waals surface area (Å²) in [6.07, 6.45) is 1.11. The van der Waals surface area contributed by atoms with E-state index in [9.17, 15) is 0 Å². The van der Waals surface area contributed by atoms with Crippen molar-refractivity contribution in [2.75, 3.05) is 18.8 Å². The largest absolute Gasteiger partial charge is 0.397 e. The van der Waals surface area contributed by atoms with E-state index in [1.54, 1.807) is 0 Å². The van der Waals surface area contributed by atoms with E-state index in [0.29, 0.717) is 21.7 Å². The van der Waals surface area contributed by atoms with Crippen LogP contribution in [0.2, 0.25) is 10.0 Å². The van der Waals surface area contributed by atoms with Gasteiger partial charge < -0.3 is 11.1 Å². The van der Waals surface area contributed by atoms with Crippen LogP contribution in [0.25, 0.3) is 0 Å². The van der Waals surface area contributed by atoms with E-state index < -0.39 is 0 Å². The summed E-state index contributed by atoms with van der Waals surface area (Å²) < 4.78 is 0. The van der Waals surface area contributed by atoms with Crippen LogP contribution in [0.3, 0.4) is 0 Å². The predicted octanol–water partition coefficient (Wildman–Crippen LogP) is 2.65. The lowest BCUT2D eigenvalue weighted by molar-refractivity contribution is 0.764. The summed E-state index contributed by atoms with van der Waals surface area (Å²) in [5.74, 6) is 0.473.